The zero-order chi connectivity index (χ0) is 11.5. The van der Waals surface area contributed by atoms with E-state index in [4.69, 9.17) is 0 Å². The van der Waals surface area contributed by atoms with E-state index in [9.17, 15) is 0 Å². The van der Waals surface area contributed by atoms with E-state index in [0.717, 1.165) is 10.3 Å². The molecule has 16 heavy (non-hydrogen) atoms. The molecule has 0 bridgehead atoms. The second-order valence-corrected chi connectivity index (χ2v) is 5.61. The third kappa shape index (κ3) is 2.72. The predicted molar refractivity (Wildman–Crippen MR) is 70.6 cm³/mol. The van der Waals surface area contributed by atoms with Crippen LogP contribution in [0, 0.1) is 0 Å². The topological polar surface area (TPSA) is 40.7 Å². The number of H-pyrrole nitrogens is 1. The van der Waals surface area contributed by atoms with E-state index in [1.165, 1.54) is 4.88 Å². The smallest absolute Gasteiger partial charge is 0.122 e. The van der Waals surface area contributed by atoms with Crippen LogP contribution in [-0.4, -0.2) is 9.97 Å². The van der Waals surface area contributed by atoms with Gasteiger partial charge in [0.25, 0.3) is 0 Å². The van der Waals surface area contributed by atoms with Crippen molar-refractivity contribution in [3.63, 3.8) is 0 Å². The molecule has 86 valence electrons. The molecular formula is C11H14BrN3S. The van der Waals surface area contributed by atoms with Crippen molar-refractivity contribution in [2.24, 2.45) is 0 Å². The van der Waals surface area contributed by atoms with Crippen LogP contribution in [0.5, 0.6) is 0 Å². The highest BCUT2D eigenvalue weighted by Gasteiger charge is 2.13. The minimum Gasteiger partial charge on any atom is -0.347 e. The molecule has 0 saturated heterocycles. The van der Waals surface area contributed by atoms with E-state index in [-0.39, 0.29) is 6.04 Å². The quantitative estimate of drug-likeness (QED) is 0.905. The third-order valence-corrected chi connectivity index (χ3v) is 4.32. The highest BCUT2D eigenvalue weighted by molar-refractivity contribution is 9.10. The molecule has 2 atom stereocenters. The van der Waals surface area contributed by atoms with Crippen molar-refractivity contribution in [3.8, 4) is 0 Å². The molecule has 2 rings (SSSR count). The van der Waals surface area contributed by atoms with E-state index in [1.807, 2.05) is 6.20 Å². The molecule has 0 amide bonds. The van der Waals surface area contributed by atoms with Crippen molar-refractivity contribution in [1.29, 1.82) is 0 Å². The van der Waals surface area contributed by atoms with Crippen LogP contribution in [0.15, 0.2) is 28.3 Å². The van der Waals surface area contributed by atoms with Gasteiger partial charge in [-0.1, -0.05) is 0 Å². The van der Waals surface area contributed by atoms with Gasteiger partial charge in [-0.25, -0.2) is 4.98 Å². The molecule has 0 radical (unpaired) electrons. The Bertz CT molecular complexity index is 438. The summed E-state index contributed by atoms with van der Waals surface area (Å²) in [6, 6.07) is 2.71. The van der Waals surface area contributed by atoms with Crippen molar-refractivity contribution < 1.29 is 0 Å². The molecule has 2 N–H and O–H groups in total. The first-order valence-electron chi connectivity index (χ1n) is 5.16. The zero-order valence-electron chi connectivity index (χ0n) is 9.20. The number of nitrogens with one attached hydrogen (secondary N) is 2. The lowest BCUT2D eigenvalue weighted by molar-refractivity contribution is 0.484. The first kappa shape index (κ1) is 11.8. The van der Waals surface area contributed by atoms with Gasteiger partial charge in [-0.3, -0.25) is 0 Å². The van der Waals surface area contributed by atoms with Crippen LogP contribution in [0.4, 0.5) is 0 Å². The van der Waals surface area contributed by atoms with Gasteiger partial charge in [0.1, 0.15) is 5.82 Å². The van der Waals surface area contributed by atoms with E-state index >= 15 is 0 Å². The monoisotopic (exact) mass is 299 g/mol. The Kier molecular flexibility index (Phi) is 3.78. The lowest BCUT2D eigenvalue weighted by Gasteiger charge is -2.17. The highest BCUT2D eigenvalue weighted by atomic mass is 79.9. The number of imidazole rings is 1. The molecule has 5 heteroatoms. The van der Waals surface area contributed by atoms with Crippen molar-refractivity contribution >= 4 is 27.3 Å². The van der Waals surface area contributed by atoms with Crippen LogP contribution in [0.25, 0.3) is 0 Å². The Hall–Kier alpha value is -0.650. The van der Waals surface area contributed by atoms with Gasteiger partial charge in [0.05, 0.1) is 6.04 Å². The fourth-order valence-electron chi connectivity index (χ4n) is 1.61. The third-order valence-electron chi connectivity index (χ3n) is 2.44. The number of halogens is 1. The van der Waals surface area contributed by atoms with Gasteiger partial charge in [0.2, 0.25) is 0 Å². The van der Waals surface area contributed by atoms with Crippen molar-refractivity contribution in [2.45, 2.75) is 25.9 Å². The second-order valence-electron chi connectivity index (χ2n) is 3.75. The predicted octanol–water partition coefficient (Wildman–Crippen LogP) is 3.65. The van der Waals surface area contributed by atoms with Crippen LogP contribution in [0.2, 0.25) is 0 Å². The van der Waals surface area contributed by atoms with Gasteiger partial charge in [0, 0.05) is 33.2 Å². The fourth-order valence-corrected chi connectivity index (χ4v) is 3.07. The maximum atomic E-state index is 4.24. The molecule has 2 aromatic rings. The van der Waals surface area contributed by atoms with Gasteiger partial charge < -0.3 is 10.3 Å². The maximum Gasteiger partial charge on any atom is 0.122 e. The molecule has 0 aromatic carbocycles. The molecule has 0 saturated carbocycles. The maximum absolute atomic E-state index is 4.24. The Labute approximate surface area is 107 Å². The average Bonchev–Trinajstić information content (AvgIpc) is 2.87. The van der Waals surface area contributed by atoms with Crippen LogP contribution in [0.1, 0.15) is 36.6 Å². The Morgan fingerprint density at radius 2 is 2.25 bits per heavy atom. The van der Waals surface area contributed by atoms with Gasteiger partial charge >= 0.3 is 0 Å². The number of aromatic amines is 1. The normalized spacial score (nSPS) is 14.9. The molecule has 0 fully saturated rings. The Morgan fingerprint density at radius 3 is 2.81 bits per heavy atom. The number of thiophene rings is 1. The second kappa shape index (κ2) is 5.12. The molecule has 2 unspecified atom stereocenters. The van der Waals surface area contributed by atoms with E-state index in [1.54, 1.807) is 17.5 Å². The lowest BCUT2D eigenvalue weighted by Crippen LogP contribution is -2.22. The highest BCUT2D eigenvalue weighted by Crippen LogP contribution is 2.26. The Balaban J connectivity index is 2.00. The van der Waals surface area contributed by atoms with Crippen LogP contribution >= 0.6 is 27.3 Å². The summed E-state index contributed by atoms with van der Waals surface area (Å²) in [5.74, 6) is 0.975. The van der Waals surface area contributed by atoms with Gasteiger partial charge in [-0.2, -0.15) is 0 Å². The van der Waals surface area contributed by atoms with Crippen LogP contribution in [-0.2, 0) is 0 Å². The largest absolute Gasteiger partial charge is 0.347 e. The zero-order valence-corrected chi connectivity index (χ0v) is 11.6. The summed E-state index contributed by atoms with van der Waals surface area (Å²) < 4.78 is 1.15. The van der Waals surface area contributed by atoms with Crippen molar-refractivity contribution in [1.82, 2.24) is 15.3 Å². The lowest BCUT2D eigenvalue weighted by atomic mass is 10.2. The van der Waals surface area contributed by atoms with E-state index in [0.29, 0.717) is 6.04 Å². The van der Waals surface area contributed by atoms with Gasteiger partial charge in [0.15, 0.2) is 0 Å². The number of rotatable bonds is 4. The van der Waals surface area contributed by atoms with Gasteiger partial charge in [-0.05, 0) is 35.8 Å². The molecule has 2 aromatic heterocycles. The molecule has 0 aliphatic heterocycles. The van der Waals surface area contributed by atoms with Crippen LogP contribution < -0.4 is 5.32 Å². The first-order chi connectivity index (χ1) is 7.66. The summed E-state index contributed by atoms with van der Waals surface area (Å²) in [5, 5.41) is 5.61. The first-order valence-corrected chi connectivity index (χ1v) is 6.83. The minimum absolute atomic E-state index is 0.228. The molecule has 0 spiro atoms. The van der Waals surface area contributed by atoms with E-state index < -0.39 is 0 Å². The van der Waals surface area contributed by atoms with E-state index in [2.05, 4.69) is 56.5 Å². The average molecular weight is 300 g/mol. The number of nitrogens with zero attached hydrogens (tertiary/aromatic N) is 1. The summed E-state index contributed by atoms with van der Waals surface area (Å²) >= 11 is 5.23. The standard InChI is InChI=1S/C11H14BrN3S/c1-7(10-5-9(12)6-16-10)15-8(2)11-13-3-4-14-11/h3-8,15H,1-2H3,(H,13,14). The number of hydrogen-bond donors (Lipinski definition) is 2. The molecular weight excluding hydrogens is 286 g/mol. The number of aromatic nitrogens is 2. The summed E-state index contributed by atoms with van der Waals surface area (Å²) in [4.78, 5) is 8.69. The molecule has 0 aliphatic rings. The SMILES string of the molecule is CC(NC(C)c1cc(Br)cs1)c1ncc[nH]1. The van der Waals surface area contributed by atoms with Crippen LogP contribution in [0.3, 0.4) is 0 Å². The van der Waals surface area contributed by atoms with Crippen molar-refractivity contribution in [2.75, 3.05) is 0 Å². The fraction of sp³-hybridized carbons (Fsp3) is 0.364. The van der Waals surface area contributed by atoms with Gasteiger partial charge in [-0.15, -0.1) is 11.3 Å². The molecule has 0 aliphatic carbocycles. The summed E-state index contributed by atoms with van der Waals surface area (Å²) in [6.07, 6.45) is 3.62. The molecule has 2 heterocycles. The Morgan fingerprint density at radius 1 is 1.44 bits per heavy atom. The summed E-state index contributed by atoms with van der Waals surface area (Å²) in [7, 11) is 0. The number of hydrogen-bond acceptors (Lipinski definition) is 3. The minimum atomic E-state index is 0.228. The summed E-state index contributed by atoms with van der Waals surface area (Å²) in [6.45, 7) is 4.27. The molecule has 3 nitrogen and oxygen atoms in total. The summed E-state index contributed by atoms with van der Waals surface area (Å²) in [5.41, 5.74) is 0. The van der Waals surface area contributed by atoms with Crippen molar-refractivity contribution in [3.05, 3.63) is 39.0 Å².